The summed E-state index contributed by atoms with van der Waals surface area (Å²) < 4.78 is 12.1. The number of benzene rings is 2. The highest BCUT2D eigenvalue weighted by Gasteiger charge is 2.17. The van der Waals surface area contributed by atoms with E-state index in [0.717, 1.165) is 48.4 Å². The summed E-state index contributed by atoms with van der Waals surface area (Å²) in [6.07, 6.45) is 0. The highest BCUT2D eigenvalue weighted by atomic mass is 79.9. The summed E-state index contributed by atoms with van der Waals surface area (Å²) in [5.41, 5.74) is 8.02. The smallest absolute Gasteiger partial charge is 0.252 e. The Bertz CT molecular complexity index is 731. The zero-order valence-corrected chi connectivity index (χ0v) is 15.5. The van der Waals surface area contributed by atoms with Gasteiger partial charge in [0.25, 0.3) is 5.91 Å². The molecule has 2 aromatic carbocycles. The van der Waals surface area contributed by atoms with E-state index in [1.54, 1.807) is 0 Å². The van der Waals surface area contributed by atoms with Gasteiger partial charge >= 0.3 is 0 Å². The second kappa shape index (κ2) is 8.47. The molecule has 2 aromatic rings. The molecule has 3 rings (SSSR count). The first-order valence-electron chi connectivity index (χ1n) is 8.22. The van der Waals surface area contributed by atoms with Crippen LogP contribution in [0.15, 0.2) is 46.9 Å². The number of amides is 1. The lowest BCUT2D eigenvalue weighted by Gasteiger charge is -2.27. The Morgan fingerprint density at radius 3 is 2.60 bits per heavy atom. The monoisotopic (exact) mass is 404 g/mol. The normalized spacial score (nSPS) is 15.1. The molecule has 0 radical (unpaired) electrons. The Labute approximate surface area is 155 Å². The third-order valence-electron chi connectivity index (χ3n) is 4.15. The Kier molecular flexibility index (Phi) is 6.07. The number of carbonyl (C=O) groups is 1. The van der Waals surface area contributed by atoms with Crippen LogP contribution in [0.4, 0.5) is 0 Å². The van der Waals surface area contributed by atoms with Crippen LogP contribution >= 0.6 is 15.9 Å². The standard InChI is InChI=1S/C19H21BrN2O3/c20-17-11-18(25-13-14-4-2-1-3-5-14)16(19(21)23)10-15(17)12-22-6-8-24-9-7-22/h1-5,10-11H,6-9,12-13H2,(H2,21,23). The maximum atomic E-state index is 11.9. The summed E-state index contributed by atoms with van der Waals surface area (Å²) in [7, 11) is 0. The van der Waals surface area contributed by atoms with E-state index in [1.807, 2.05) is 42.5 Å². The van der Waals surface area contributed by atoms with E-state index in [4.69, 9.17) is 15.2 Å². The minimum absolute atomic E-state index is 0.385. The van der Waals surface area contributed by atoms with Gasteiger partial charge in [-0.3, -0.25) is 9.69 Å². The number of hydrogen-bond donors (Lipinski definition) is 1. The summed E-state index contributed by atoms with van der Waals surface area (Å²) >= 11 is 3.59. The first-order valence-corrected chi connectivity index (χ1v) is 9.02. The van der Waals surface area contributed by atoms with Gasteiger partial charge in [-0.05, 0) is 23.3 Å². The number of ether oxygens (including phenoxy) is 2. The predicted molar refractivity (Wildman–Crippen MR) is 99.5 cm³/mol. The van der Waals surface area contributed by atoms with Crippen LogP contribution in [0.2, 0.25) is 0 Å². The Morgan fingerprint density at radius 1 is 1.20 bits per heavy atom. The number of nitrogens with two attached hydrogens (primary N) is 1. The van der Waals surface area contributed by atoms with Crippen molar-refractivity contribution in [3.05, 3.63) is 63.6 Å². The minimum atomic E-state index is -0.487. The van der Waals surface area contributed by atoms with Crippen LogP contribution in [-0.4, -0.2) is 37.1 Å². The molecule has 0 spiro atoms. The van der Waals surface area contributed by atoms with Gasteiger partial charge in [-0.15, -0.1) is 0 Å². The maximum Gasteiger partial charge on any atom is 0.252 e. The van der Waals surface area contributed by atoms with E-state index in [1.165, 1.54) is 0 Å². The Hall–Kier alpha value is -1.89. The van der Waals surface area contributed by atoms with Gasteiger partial charge in [0.1, 0.15) is 12.4 Å². The number of primary amides is 1. The van der Waals surface area contributed by atoms with Crippen molar-refractivity contribution in [3.63, 3.8) is 0 Å². The lowest BCUT2D eigenvalue weighted by atomic mass is 10.1. The van der Waals surface area contributed by atoms with Gasteiger partial charge in [0.05, 0.1) is 18.8 Å². The van der Waals surface area contributed by atoms with Crippen LogP contribution in [0.25, 0.3) is 0 Å². The van der Waals surface area contributed by atoms with Crippen molar-refractivity contribution in [3.8, 4) is 5.75 Å². The van der Waals surface area contributed by atoms with Crippen LogP contribution in [-0.2, 0) is 17.9 Å². The average Bonchev–Trinajstić information content (AvgIpc) is 2.63. The SMILES string of the molecule is NC(=O)c1cc(CN2CCOCC2)c(Br)cc1OCc1ccccc1. The molecule has 25 heavy (non-hydrogen) atoms. The van der Waals surface area contributed by atoms with E-state index in [9.17, 15) is 4.79 Å². The molecule has 0 unspecified atom stereocenters. The number of halogens is 1. The van der Waals surface area contributed by atoms with Crippen molar-refractivity contribution in [2.45, 2.75) is 13.2 Å². The first kappa shape index (κ1) is 17.9. The second-order valence-electron chi connectivity index (χ2n) is 5.97. The fraction of sp³-hybridized carbons (Fsp3) is 0.316. The minimum Gasteiger partial charge on any atom is -0.488 e. The number of rotatable bonds is 6. The summed E-state index contributed by atoms with van der Waals surface area (Å²) in [4.78, 5) is 14.2. The maximum absolute atomic E-state index is 11.9. The quantitative estimate of drug-likeness (QED) is 0.803. The first-order chi connectivity index (χ1) is 12.1. The Balaban J connectivity index is 1.78. The highest BCUT2D eigenvalue weighted by Crippen LogP contribution is 2.29. The van der Waals surface area contributed by atoms with E-state index in [-0.39, 0.29) is 0 Å². The second-order valence-corrected chi connectivity index (χ2v) is 6.82. The molecule has 5 nitrogen and oxygen atoms in total. The lowest BCUT2D eigenvalue weighted by molar-refractivity contribution is 0.0341. The molecule has 1 amide bonds. The molecule has 2 N–H and O–H groups in total. The zero-order valence-electron chi connectivity index (χ0n) is 13.9. The van der Waals surface area contributed by atoms with Gasteiger partial charge in [0.15, 0.2) is 0 Å². The highest BCUT2D eigenvalue weighted by molar-refractivity contribution is 9.10. The molecule has 1 aliphatic heterocycles. The van der Waals surface area contributed by atoms with E-state index < -0.39 is 5.91 Å². The molecule has 1 fully saturated rings. The van der Waals surface area contributed by atoms with Crippen LogP contribution < -0.4 is 10.5 Å². The molecule has 0 saturated carbocycles. The summed E-state index contributed by atoms with van der Waals surface area (Å²) in [5.74, 6) is 0.00717. The third kappa shape index (κ3) is 4.81. The average molecular weight is 405 g/mol. The van der Waals surface area contributed by atoms with Gasteiger partial charge in [-0.1, -0.05) is 46.3 Å². The number of nitrogens with zero attached hydrogens (tertiary/aromatic N) is 1. The molecular weight excluding hydrogens is 384 g/mol. The fourth-order valence-electron chi connectivity index (χ4n) is 2.77. The summed E-state index contributed by atoms with van der Waals surface area (Å²) in [5, 5.41) is 0. The third-order valence-corrected chi connectivity index (χ3v) is 4.89. The van der Waals surface area contributed by atoms with Crippen molar-refractivity contribution in [2.75, 3.05) is 26.3 Å². The molecule has 0 aliphatic carbocycles. The largest absolute Gasteiger partial charge is 0.488 e. The van der Waals surface area contributed by atoms with E-state index in [2.05, 4.69) is 20.8 Å². The van der Waals surface area contributed by atoms with Gasteiger partial charge in [0, 0.05) is 24.1 Å². The van der Waals surface area contributed by atoms with Gasteiger partial charge in [0.2, 0.25) is 0 Å². The molecule has 0 bridgehead atoms. The van der Waals surface area contributed by atoms with Crippen LogP contribution in [0.1, 0.15) is 21.5 Å². The molecule has 132 valence electrons. The predicted octanol–water partition coefficient (Wildman–Crippen LogP) is 2.96. The number of morpholine rings is 1. The van der Waals surface area contributed by atoms with Crippen molar-refractivity contribution >= 4 is 21.8 Å². The van der Waals surface area contributed by atoms with Crippen LogP contribution in [0.3, 0.4) is 0 Å². The van der Waals surface area contributed by atoms with Crippen molar-refractivity contribution in [1.29, 1.82) is 0 Å². The molecule has 0 atom stereocenters. The lowest BCUT2D eigenvalue weighted by Crippen LogP contribution is -2.35. The van der Waals surface area contributed by atoms with Crippen molar-refractivity contribution in [1.82, 2.24) is 4.90 Å². The van der Waals surface area contributed by atoms with Gasteiger partial charge < -0.3 is 15.2 Å². The molecular formula is C19H21BrN2O3. The van der Waals surface area contributed by atoms with Crippen LogP contribution in [0.5, 0.6) is 5.75 Å². The zero-order chi connectivity index (χ0) is 17.6. The number of hydrogen-bond acceptors (Lipinski definition) is 4. The Morgan fingerprint density at radius 2 is 1.92 bits per heavy atom. The molecule has 0 aromatic heterocycles. The van der Waals surface area contributed by atoms with Crippen molar-refractivity contribution in [2.24, 2.45) is 5.73 Å². The summed E-state index contributed by atoms with van der Waals surface area (Å²) in [6.45, 7) is 4.35. The molecule has 6 heteroatoms. The van der Waals surface area contributed by atoms with E-state index in [0.29, 0.717) is 17.9 Å². The summed E-state index contributed by atoms with van der Waals surface area (Å²) in [6, 6.07) is 13.5. The number of carbonyl (C=O) groups excluding carboxylic acids is 1. The van der Waals surface area contributed by atoms with Gasteiger partial charge in [-0.25, -0.2) is 0 Å². The van der Waals surface area contributed by atoms with Gasteiger partial charge in [-0.2, -0.15) is 0 Å². The topological polar surface area (TPSA) is 64.8 Å². The molecule has 1 aliphatic rings. The van der Waals surface area contributed by atoms with Crippen molar-refractivity contribution < 1.29 is 14.3 Å². The molecule has 1 heterocycles. The molecule has 1 saturated heterocycles. The van der Waals surface area contributed by atoms with E-state index >= 15 is 0 Å². The fourth-order valence-corrected chi connectivity index (χ4v) is 3.22. The van der Waals surface area contributed by atoms with Crippen LogP contribution in [0, 0.1) is 0 Å².